The van der Waals surface area contributed by atoms with E-state index < -0.39 is 0 Å². The standard InChI is InChI=1S/C10H12ClN3O2/c1-14(10(16)6-11)7-9(15)13-8-2-4-12-5-3-8/h2-5H,6-7H2,1H3,(H,12,13,15). The Labute approximate surface area is 98.4 Å². The molecule has 1 aromatic heterocycles. The zero-order valence-corrected chi connectivity index (χ0v) is 9.57. The molecule has 0 atom stereocenters. The molecule has 2 amide bonds. The molecule has 0 radical (unpaired) electrons. The molecule has 0 aromatic carbocycles. The lowest BCUT2D eigenvalue weighted by Crippen LogP contribution is -2.35. The van der Waals surface area contributed by atoms with Gasteiger partial charge in [0.15, 0.2) is 0 Å². The lowest BCUT2D eigenvalue weighted by molar-refractivity contribution is -0.131. The van der Waals surface area contributed by atoms with Crippen molar-refractivity contribution in [1.82, 2.24) is 9.88 Å². The molecule has 1 aromatic rings. The summed E-state index contributed by atoms with van der Waals surface area (Å²) >= 11 is 5.36. The van der Waals surface area contributed by atoms with E-state index >= 15 is 0 Å². The van der Waals surface area contributed by atoms with Crippen molar-refractivity contribution >= 4 is 29.1 Å². The molecule has 0 spiro atoms. The third kappa shape index (κ3) is 3.86. The molecule has 6 heteroatoms. The van der Waals surface area contributed by atoms with E-state index in [-0.39, 0.29) is 24.2 Å². The predicted octanol–water partition coefficient (Wildman–Crippen LogP) is 0.717. The van der Waals surface area contributed by atoms with E-state index in [1.54, 1.807) is 24.5 Å². The lowest BCUT2D eigenvalue weighted by Gasteiger charge is -2.15. The first-order valence-electron chi connectivity index (χ1n) is 4.63. The highest BCUT2D eigenvalue weighted by atomic mass is 35.5. The minimum Gasteiger partial charge on any atom is -0.335 e. The molecule has 0 aliphatic rings. The van der Waals surface area contributed by atoms with Crippen LogP contribution < -0.4 is 5.32 Å². The second-order valence-electron chi connectivity index (χ2n) is 3.17. The Bertz CT molecular complexity index is 370. The number of likely N-dealkylation sites (N-methyl/N-ethyl adjacent to an activating group) is 1. The van der Waals surface area contributed by atoms with E-state index in [4.69, 9.17) is 11.6 Å². The summed E-state index contributed by atoms with van der Waals surface area (Å²) in [6, 6.07) is 3.34. The first-order valence-corrected chi connectivity index (χ1v) is 5.16. The minimum atomic E-state index is -0.286. The number of carbonyl (C=O) groups excluding carboxylic acids is 2. The van der Waals surface area contributed by atoms with Gasteiger partial charge in [-0.25, -0.2) is 0 Å². The van der Waals surface area contributed by atoms with Gasteiger partial charge in [-0.2, -0.15) is 0 Å². The largest absolute Gasteiger partial charge is 0.335 e. The van der Waals surface area contributed by atoms with E-state index in [0.717, 1.165) is 0 Å². The minimum absolute atomic E-state index is 0.0200. The summed E-state index contributed by atoms with van der Waals surface area (Å²) in [7, 11) is 1.52. The number of anilines is 1. The molecule has 0 saturated heterocycles. The van der Waals surface area contributed by atoms with E-state index in [2.05, 4.69) is 10.3 Å². The number of halogens is 1. The maximum Gasteiger partial charge on any atom is 0.243 e. The number of nitrogens with zero attached hydrogens (tertiary/aromatic N) is 2. The van der Waals surface area contributed by atoms with Crippen molar-refractivity contribution in [2.24, 2.45) is 0 Å². The fourth-order valence-electron chi connectivity index (χ4n) is 1.04. The number of hydrogen-bond donors (Lipinski definition) is 1. The first kappa shape index (κ1) is 12.4. The van der Waals surface area contributed by atoms with E-state index in [1.165, 1.54) is 11.9 Å². The Balaban J connectivity index is 2.45. The van der Waals surface area contributed by atoms with Crippen LogP contribution in [0.2, 0.25) is 0 Å². The molecule has 1 heterocycles. The molecule has 0 aliphatic heterocycles. The zero-order chi connectivity index (χ0) is 12.0. The fraction of sp³-hybridized carbons (Fsp3) is 0.300. The summed E-state index contributed by atoms with van der Waals surface area (Å²) < 4.78 is 0. The molecular formula is C10H12ClN3O2. The second-order valence-corrected chi connectivity index (χ2v) is 3.43. The van der Waals surface area contributed by atoms with Crippen molar-refractivity contribution in [3.63, 3.8) is 0 Å². The van der Waals surface area contributed by atoms with Crippen molar-refractivity contribution in [2.45, 2.75) is 0 Å². The van der Waals surface area contributed by atoms with Crippen molar-refractivity contribution in [3.05, 3.63) is 24.5 Å². The molecule has 5 nitrogen and oxygen atoms in total. The van der Waals surface area contributed by atoms with Crippen molar-refractivity contribution in [2.75, 3.05) is 24.8 Å². The SMILES string of the molecule is CN(CC(=O)Nc1ccncc1)C(=O)CCl. The maximum absolute atomic E-state index is 11.5. The molecular weight excluding hydrogens is 230 g/mol. The van der Waals surface area contributed by atoms with Crippen LogP contribution in [0.3, 0.4) is 0 Å². The van der Waals surface area contributed by atoms with Gasteiger partial charge in [0.05, 0.1) is 6.54 Å². The van der Waals surface area contributed by atoms with Crippen LogP contribution in [0.5, 0.6) is 0 Å². The van der Waals surface area contributed by atoms with Crippen molar-refractivity contribution < 1.29 is 9.59 Å². The van der Waals surface area contributed by atoms with Crippen molar-refractivity contribution in [1.29, 1.82) is 0 Å². The van der Waals surface area contributed by atoms with Gasteiger partial charge in [0.1, 0.15) is 5.88 Å². The van der Waals surface area contributed by atoms with Gasteiger partial charge in [0.25, 0.3) is 0 Å². The quantitative estimate of drug-likeness (QED) is 0.790. The Kier molecular flexibility index (Phi) is 4.72. The van der Waals surface area contributed by atoms with Crippen LogP contribution in [-0.4, -0.2) is 41.2 Å². The maximum atomic E-state index is 11.5. The molecule has 1 rings (SSSR count). The highest BCUT2D eigenvalue weighted by molar-refractivity contribution is 6.27. The molecule has 0 saturated carbocycles. The number of pyridine rings is 1. The Morgan fingerprint density at radius 1 is 1.44 bits per heavy atom. The molecule has 0 bridgehead atoms. The third-order valence-corrected chi connectivity index (χ3v) is 2.11. The molecule has 16 heavy (non-hydrogen) atoms. The van der Waals surface area contributed by atoms with Crippen molar-refractivity contribution in [3.8, 4) is 0 Å². The van der Waals surface area contributed by atoms with Crippen LogP contribution in [0.1, 0.15) is 0 Å². The van der Waals surface area contributed by atoms with E-state index in [1.807, 2.05) is 0 Å². The number of carbonyl (C=O) groups is 2. The average molecular weight is 242 g/mol. The normalized spacial score (nSPS) is 9.62. The summed E-state index contributed by atoms with van der Waals surface area (Å²) in [4.78, 5) is 27.7. The number of nitrogens with one attached hydrogen (secondary N) is 1. The van der Waals surface area contributed by atoms with Gasteiger partial charge in [-0.15, -0.1) is 11.6 Å². The van der Waals surface area contributed by atoms with Crippen LogP contribution in [0.25, 0.3) is 0 Å². The molecule has 0 fully saturated rings. The zero-order valence-electron chi connectivity index (χ0n) is 8.81. The Hall–Kier alpha value is -1.62. The molecule has 86 valence electrons. The van der Waals surface area contributed by atoms with E-state index in [0.29, 0.717) is 5.69 Å². The highest BCUT2D eigenvalue weighted by Gasteiger charge is 2.11. The Morgan fingerprint density at radius 3 is 2.62 bits per heavy atom. The summed E-state index contributed by atoms with van der Waals surface area (Å²) in [6.45, 7) is -0.0200. The van der Waals surface area contributed by atoms with Gasteiger partial charge in [0.2, 0.25) is 11.8 Å². The number of amides is 2. The van der Waals surface area contributed by atoms with Gasteiger partial charge in [-0.1, -0.05) is 0 Å². The fourth-order valence-corrected chi connectivity index (χ4v) is 1.25. The van der Waals surface area contributed by atoms with Gasteiger partial charge in [0, 0.05) is 25.1 Å². The average Bonchev–Trinajstić information content (AvgIpc) is 2.29. The smallest absolute Gasteiger partial charge is 0.243 e. The van der Waals surface area contributed by atoms with Crippen LogP contribution in [-0.2, 0) is 9.59 Å². The summed E-state index contributed by atoms with van der Waals surface area (Å²) in [5, 5.41) is 2.64. The second kappa shape index (κ2) is 6.07. The Morgan fingerprint density at radius 2 is 2.06 bits per heavy atom. The summed E-state index contributed by atoms with van der Waals surface area (Å²) in [5.74, 6) is -0.683. The van der Waals surface area contributed by atoms with Gasteiger partial charge >= 0.3 is 0 Å². The summed E-state index contributed by atoms with van der Waals surface area (Å²) in [5.41, 5.74) is 0.645. The third-order valence-electron chi connectivity index (χ3n) is 1.88. The highest BCUT2D eigenvalue weighted by Crippen LogP contribution is 2.02. The van der Waals surface area contributed by atoms with Crippen LogP contribution in [0, 0.1) is 0 Å². The van der Waals surface area contributed by atoms with Crippen LogP contribution >= 0.6 is 11.6 Å². The first-order chi connectivity index (χ1) is 7.63. The molecule has 0 aliphatic carbocycles. The van der Waals surface area contributed by atoms with Gasteiger partial charge < -0.3 is 10.2 Å². The van der Waals surface area contributed by atoms with Gasteiger partial charge in [-0.3, -0.25) is 14.6 Å². The monoisotopic (exact) mass is 241 g/mol. The van der Waals surface area contributed by atoms with E-state index in [9.17, 15) is 9.59 Å². The number of hydrogen-bond acceptors (Lipinski definition) is 3. The predicted molar refractivity (Wildman–Crippen MR) is 61.2 cm³/mol. The number of aromatic nitrogens is 1. The molecule has 1 N–H and O–H groups in total. The summed E-state index contributed by atoms with van der Waals surface area (Å²) in [6.07, 6.45) is 3.15. The molecule has 0 unspecified atom stereocenters. The lowest BCUT2D eigenvalue weighted by atomic mass is 10.4. The van der Waals surface area contributed by atoms with Crippen LogP contribution in [0.15, 0.2) is 24.5 Å². The number of rotatable bonds is 4. The topological polar surface area (TPSA) is 62.3 Å². The van der Waals surface area contributed by atoms with Gasteiger partial charge in [-0.05, 0) is 12.1 Å². The number of alkyl halides is 1. The van der Waals surface area contributed by atoms with Crippen LogP contribution in [0.4, 0.5) is 5.69 Å².